The summed E-state index contributed by atoms with van der Waals surface area (Å²) >= 11 is 0. The Morgan fingerprint density at radius 1 is 1.14 bits per heavy atom. The molecule has 2 amide bonds. The molecule has 1 aromatic heterocycles. The zero-order chi connectivity index (χ0) is 15.9. The third kappa shape index (κ3) is 4.37. The zero-order valence-electron chi connectivity index (χ0n) is 12.1. The fraction of sp³-hybridized carbons (Fsp3) is 0.188. The van der Waals surface area contributed by atoms with Crippen LogP contribution in [0.25, 0.3) is 0 Å². The SMILES string of the molecule is Cc1cccnc1NC(=O)C(=O)NCCc1ccc(F)cc1. The minimum Gasteiger partial charge on any atom is -0.347 e. The van der Waals surface area contributed by atoms with E-state index in [1.54, 1.807) is 31.2 Å². The number of nitrogens with one attached hydrogen (secondary N) is 2. The molecule has 0 aliphatic heterocycles. The number of carbonyl (C=O) groups is 2. The summed E-state index contributed by atoms with van der Waals surface area (Å²) in [6, 6.07) is 9.52. The molecule has 6 heteroatoms. The first-order chi connectivity index (χ1) is 10.6. The van der Waals surface area contributed by atoms with Crippen LogP contribution in [0, 0.1) is 12.7 Å². The summed E-state index contributed by atoms with van der Waals surface area (Å²) in [6.45, 7) is 2.08. The van der Waals surface area contributed by atoms with E-state index < -0.39 is 11.8 Å². The van der Waals surface area contributed by atoms with Crippen molar-refractivity contribution in [2.45, 2.75) is 13.3 Å². The van der Waals surface area contributed by atoms with Gasteiger partial charge in [0.1, 0.15) is 11.6 Å². The number of nitrogens with zero attached hydrogens (tertiary/aromatic N) is 1. The Balaban J connectivity index is 1.80. The maximum atomic E-state index is 12.8. The Hall–Kier alpha value is -2.76. The number of carbonyl (C=O) groups excluding carboxylic acids is 2. The molecule has 0 saturated heterocycles. The number of hydrogen-bond acceptors (Lipinski definition) is 3. The van der Waals surface area contributed by atoms with Crippen molar-refractivity contribution in [3.8, 4) is 0 Å². The van der Waals surface area contributed by atoms with Crippen molar-refractivity contribution in [3.05, 3.63) is 59.5 Å². The predicted molar refractivity (Wildman–Crippen MR) is 80.7 cm³/mol. The second-order valence-electron chi connectivity index (χ2n) is 4.76. The maximum absolute atomic E-state index is 12.8. The molecule has 1 aromatic carbocycles. The van der Waals surface area contributed by atoms with Gasteiger partial charge in [-0.25, -0.2) is 9.37 Å². The summed E-state index contributed by atoms with van der Waals surface area (Å²) in [5.74, 6) is -1.44. The summed E-state index contributed by atoms with van der Waals surface area (Å²) in [7, 11) is 0. The first-order valence-corrected chi connectivity index (χ1v) is 6.81. The number of hydrogen-bond donors (Lipinski definition) is 2. The van der Waals surface area contributed by atoms with Crippen LogP contribution < -0.4 is 10.6 Å². The fourth-order valence-corrected chi connectivity index (χ4v) is 1.83. The van der Waals surface area contributed by atoms with Gasteiger partial charge in [0.05, 0.1) is 0 Å². The molecular formula is C16H16FN3O2. The van der Waals surface area contributed by atoms with Crippen molar-refractivity contribution in [1.29, 1.82) is 0 Å². The Kier molecular flexibility index (Phi) is 5.19. The van der Waals surface area contributed by atoms with Gasteiger partial charge < -0.3 is 10.6 Å². The number of aromatic nitrogens is 1. The van der Waals surface area contributed by atoms with Crippen molar-refractivity contribution >= 4 is 17.6 Å². The molecule has 0 aliphatic rings. The number of aryl methyl sites for hydroxylation is 1. The van der Waals surface area contributed by atoms with Gasteiger partial charge in [0, 0.05) is 12.7 Å². The third-order valence-electron chi connectivity index (χ3n) is 3.06. The molecule has 0 saturated carbocycles. The molecule has 0 atom stereocenters. The second kappa shape index (κ2) is 7.31. The normalized spacial score (nSPS) is 10.1. The molecule has 5 nitrogen and oxygen atoms in total. The highest BCUT2D eigenvalue weighted by atomic mass is 19.1. The van der Waals surface area contributed by atoms with Crippen LogP contribution in [0.3, 0.4) is 0 Å². The monoisotopic (exact) mass is 301 g/mol. The van der Waals surface area contributed by atoms with E-state index in [0.29, 0.717) is 18.8 Å². The number of benzene rings is 1. The van der Waals surface area contributed by atoms with Gasteiger partial charge >= 0.3 is 11.8 Å². The van der Waals surface area contributed by atoms with E-state index in [0.717, 1.165) is 11.1 Å². The molecule has 2 aromatic rings. The van der Waals surface area contributed by atoms with Crippen molar-refractivity contribution in [1.82, 2.24) is 10.3 Å². The average molecular weight is 301 g/mol. The average Bonchev–Trinajstić information content (AvgIpc) is 2.51. The molecule has 0 bridgehead atoms. The van der Waals surface area contributed by atoms with Crippen molar-refractivity contribution in [2.75, 3.05) is 11.9 Å². The minimum absolute atomic E-state index is 0.291. The van der Waals surface area contributed by atoms with Crippen LogP contribution in [0.5, 0.6) is 0 Å². The lowest BCUT2D eigenvalue weighted by atomic mass is 10.1. The smallest absolute Gasteiger partial charge is 0.314 e. The maximum Gasteiger partial charge on any atom is 0.314 e. The Bertz CT molecular complexity index is 671. The number of pyridine rings is 1. The topological polar surface area (TPSA) is 71.1 Å². The van der Waals surface area contributed by atoms with E-state index in [2.05, 4.69) is 15.6 Å². The molecule has 114 valence electrons. The molecule has 0 fully saturated rings. The van der Waals surface area contributed by atoms with Crippen molar-refractivity contribution in [2.24, 2.45) is 0 Å². The summed E-state index contributed by atoms with van der Waals surface area (Å²) in [5.41, 5.74) is 1.65. The highest BCUT2D eigenvalue weighted by molar-refractivity contribution is 6.39. The highest BCUT2D eigenvalue weighted by Gasteiger charge is 2.14. The summed E-state index contributed by atoms with van der Waals surface area (Å²) in [6.07, 6.45) is 2.05. The molecule has 0 radical (unpaired) electrons. The largest absolute Gasteiger partial charge is 0.347 e. The van der Waals surface area contributed by atoms with Crippen LogP contribution in [-0.4, -0.2) is 23.3 Å². The third-order valence-corrected chi connectivity index (χ3v) is 3.06. The van der Waals surface area contributed by atoms with E-state index in [1.165, 1.54) is 18.3 Å². The lowest BCUT2D eigenvalue weighted by Gasteiger charge is -2.07. The molecule has 1 heterocycles. The number of halogens is 1. The van der Waals surface area contributed by atoms with Crippen LogP contribution in [0.2, 0.25) is 0 Å². The Morgan fingerprint density at radius 3 is 2.55 bits per heavy atom. The summed E-state index contributed by atoms with van der Waals surface area (Å²) in [4.78, 5) is 27.4. The molecule has 0 unspecified atom stereocenters. The quantitative estimate of drug-likeness (QED) is 0.846. The standard InChI is InChI=1S/C16H16FN3O2/c1-11-3-2-9-18-14(11)20-16(22)15(21)19-10-8-12-4-6-13(17)7-5-12/h2-7,9H,8,10H2,1H3,(H,19,21)(H,18,20,22). The van der Waals surface area contributed by atoms with Gasteiger partial charge in [-0.3, -0.25) is 9.59 Å². The zero-order valence-corrected chi connectivity index (χ0v) is 12.1. The predicted octanol–water partition coefficient (Wildman–Crippen LogP) is 1.83. The second-order valence-corrected chi connectivity index (χ2v) is 4.76. The van der Waals surface area contributed by atoms with Crippen LogP contribution in [0.1, 0.15) is 11.1 Å². The van der Waals surface area contributed by atoms with Gasteiger partial charge in [0.15, 0.2) is 0 Å². The van der Waals surface area contributed by atoms with Gasteiger partial charge in [0.2, 0.25) is 0 Å². The van der Waals surface area contributed by atoms with Crippen molar-refractivity contribution in [3.63, 3.8) is 0 Å². The fourth-order valence-electron chi connectivity index (χ4n) is 1.83. The van der Waals surface area contributed by atoms with E-state index in [9.17, 15) is 14.0 Å². The molecule has 2 rings (SSSR count). The first-order valence-electron chi connectivity index (χ1n) is 6.81. The molecule has 0 aliphatic carbocycles. The van der Waals surface area contributed by atoms with Gasteiger partial charge in [-0.05, 0) is 42.7 Å². The highest BCUT2D eigenvalue weighted by Crippen LogP contribution is 2.08. The molecule has 2 N–H and O–H groups in total. The van der Waals surface area contributed by atoms with Gasteiger partial charge in [-0.15, -0.1) is 0 Å². The van der Waals surface area contributed by atoms with E-state index in [4.69, 9.17) is 0 Å². The number of amides is 2. The van der Waals surface area contributed by atoms with Gasteiger partial charge in [-0.1, -0.05) is 18.2 Å². The molecular weight excluding hydrogens is 285 g/mol. The first kappa shape index (κ1) is 15.6. The van der Waals surface area contributed by atoms with Crippen LogP contribution in [0.15, 0.2) is 42.6 Å². The van der Waals surface area contributed by atoms with Gasteiger partial charge in [-0.2, -0.15) is 0 Å². The Morgan fingerprint density at radius 2 is 1.86 bits per heavy atom. The van der Waals surface area contributed by atoms with E-state index in [1.807, 2.05) is 0 Å². The minimum atomic E-state index is -0.763. The van der Waals surface area contributed by atoms with Gasteiger partial charge in [0.25, 0.3) is 0 Å². The van der Waals surface area contributed by atoms with E-state index in [-0.39, 0.29) is 5.82 Å². The lowest BCUT2D eigenvalue weighted by molar-refractivity contribution is -0.136. The van der Waals surface area contributed by atoms with Crippen LogP contribution in [-0.2, 0) is 16.0 Å². The Labute approximate surface area is 127 Å². The molecule has 22 heavy (non-hydrogen) atoms. The van der Waals surface area contributed by atoms with Crippen LogP contribution >= 0.6 is 0 Å². The molecule has 0 spiro atoms. The van der Waals surface area contributed by atoms with E-state index >= 15 is 0 Å². The number of rotatable bonds is 4. The lowest BCUT2D eigenvalue weighted by Crippen LogP contribution is -2.36. The van der Waals surface area contributed by atoms with Crippen LogP contribution in [0.4, 0.5) is 10.2 Å². The summed E-state index contributed by atoms with van der Waals surface area (Å²) in [5, 5.41) is 4.97. The van der Waals surface area contributed by atoms with Crippen molar-refractivity contribution < 1.29 is 14.0 Å². The number of anilines is 1. The summed E-state index contributed by atoms with van der Waals surface area (Å²) < 4.78 is 12.8.